The minimum atomic E-state index is -0.365. The molecule has 0 bridgehead atoms. The summed E-state index contributed by atoms with van der Waals surface area (Å²) in [5.74, 6) is 1.63. The van der Waals surface area contributed by atoms with Gasteiger partial charge in [-0.1, -0.05) is 86.6 Å². The number of imidazole rings is 1. The highest BCUT2D eigenvalue weighted by Crippen LogP contribution is 2.54. The third-order valence-corrected chi connectivity index (χ3v) is 13.4. The summed E-state index contributed by atoms with van der Waals surface area (Å²) < 4.78 is 7.06. The number of aryl methyl sites for hydroxylation is 5. The van der Waals surface area contributed by atoms with Crippen molar-refractivity contribution in [2.75, 3.05) is 4.90 Å². The lowest BCUT2D eigenvalue weighted by Crippen LogP contribution is -2.31. The Morgan fingerprint density at radius 2 is 0.855 bits per heavy atom. The van der Waals surface area contributed by atoms with Gasteiger partial charge in [0.25, 0.3) is 0 Å². The van der Waals surface area contributed by atoms with Crippen LogP contribution < -0.4 is 4.90 Å². The fourth-order valence-electron chi connectivity index (χ4n) is 10.5. The molecule has 11 aromatic rings. The van der Waals surface area contributed by atoms with Gasteiger partial charge in [0.2, 0.25) is 0 Å². The summed E-state index contributed by atoms with van der Waals surface area (Å²) in [5, 5.41) is 5.03. The van der Waals surface area contributed by atoms with Crippen LogP contribution in [-0.4, -0.2) is 28.7 Å². The Hall–Kier alpha value is -7.51. The number of anilines is 3. The van der Waals surface area contributed by atoms with E-state index in [1.807, 2.05) is 13.8 Å². The summed E-state index contributed by atoms with van der Waals surface area (Å²) in [4.78, 5) is 17.0. The molecule has 0 saturated carbocycles. The molecule has 7 heteroatoms. The molecule has 0 unspecified atom stereocenters. The Morgan fingerprint density at radius 3 is 1.34 bits per heavy atom. The normalized spacial score (nSPS) is 13.5. The molecule has 7 aromatic carbocycles. The standard InChI is InChI=1S/C55H45N7/c1-32-29-52(33(2)28-51(32)59-36(5)58-53-34(3)56-35(4)57-54(53)59)62-49-26-24-37(60-45-20-12-8-16-39(45)40-17-9-13-21-46(40)60)30-43(49)55(6,7)44-31-38(25-27-50(44)62)61-47-22-14-10-18-41(47)42-19-11-15-23-48(42)61/h8-31H,1-7H3. The number of fused-ring (bicyclic) bond motifs is 9. The highest BCUT2D eigenvalue weighted by Gasteiger charge is 2.38. The third-order valence-electron chi connectivity index (χ3n) is 13.4. The van der Waals surface area contributed by atoms with Gasteiger partial charge in [-0.2, -0.15) is 0 Å². The van der Waals surface area contributed by atoms with Crippen molar-refractivity contribution in [3.63, 3.8) is 0 Å². The minimum Gasteiger partial charge on any atom is -0.310 e. The van der Waals surface area contributed by atoms with E-state index in [0.717, 1.165) is 62.4 Å². The topological polar surface area (TPSA) is 56.7 Å². The van der Waals surface area contributed by atoms with E-state index < -0.39 is 0 Å². The maximum Gasteiger partial charge on any atom is 0.168 e. The average Bonchev–Trinajstić information content (AvgIpc) is 3.92. The molecular formula is C55H45N7. The van der Waals surface area contributed by atoms with E-state index in [-0.39, 0.29) is 5.41 Å². The van der Waals surface area contributed by atoms with Crippen LogP contribution >= 0.6 is 0 Å². The van der Waals surface area contributed by atoms with Crippen molar-refractivity contribution in [1.29, 1.82) is 0 Å². The minimum absolute atomic E-state index is 0.365. The van der Waals surface area contributed by atoms with E-state index in [4.69, 9.17) is 9.97 Å². The lowest BCUT2D eigenvalue weighted by atomic mass is 9.73. The molecule has 0 spiro atoms. The zero-order valence-corrected chi connectivity index (χ0v) is 36.0. The van der Waals surface area contributed by atoms with Crippen LogP contribution in [0.4, 0.5) is 17.1 Å². The number of hydrogen-bond donors (Lipinski definition) is 0. The van der Waals surface area contributed by atoms with Crippen molar-refractivity contribution in [3.05, 3.63) is 185 Å². The zero-order chi connectivity index (χ0) is 42.2. The van der Waals surface area contributed by atoms with Crippen LogP contribution in [0.2, 0.25) is 0 Å². The maximum absolute atomic E-state index is 4.95. The van der Waals surface area contributed by atoms with Gasteiger partial charge in [-0.05, 0) is 130 Å². The first-order valence-corrected chi connectivity index (χ1v) is 21.5. The molecule has 7 nitrogen and oxygen atoms in total. The summed E-state index contributed by atoms with van der Waals surface area (Å²) in [6.45, 7) is 15.3. The van der Waals surface area contributed by atoms with Crippen molar-refractivity contribution < 1.29 is 0 Å². The first kappa shape index (κ1) is 36.4. The second kappa shape index (κ2) is 13.0. The maximum atomic E-state index is 4.95. The molecule has 1 aliphatic heterocycles. The molecule has 1 aliphatic rings. The SMILES string of the molecule is Cc1nc(C)c2nc(C)n(-c3cc(C)c(N4c5ccc(-n6c7ccccc7c7ccccc76)cc5C(C)(C)c5cc(-n6c7ccccc7c7ccccc76)ccc54)cc3C)c2n1. The zero-order valence-electron chi connectivity index (χ0n) is 36.0. The summed E-state index contributed by atoms with van der Waals surface area (Å²) in [6.07, 6.45) is 0. The molecule has 4 aromatic heterocycles. The number of rotatable bonds is 4. The monoisotopic (exact) mass is 803 g/mol. The number of para-hydroxylation sites is 4. The predicted octanol–water partition coefficient (Wildman–Crippen LogP) is 13.7. The quantitative estimate of drug-likeness (QED) is 0.178. The highest BCUT2D eigenvalue weighted by atomic mass is 15.2. The molecule has 0 aliphatic carbocycles. The molecule has 62 heavy (non-hydrogen) atoms. The lowest BCUT2D eigenvalue weighted by Gasteiger charge is -2.43. The molecular weight excluding hydrogens is 759 g/mol. The van der Waals surface area contributed by atoms with Crippen molar-refractivity contribution in [2.45, 2.75) is 53.9 Å². The molecule has 0 N–H and O–H groups in total. The Morgan fingerprint density at radius 1 is 0.419 bits per heavy atom. The third kappa shape index (κ3) is 5.02. The summed E-state index contributed by atoms with van der Waals surface area (Å²) in [6, 6.07) is 53.9. The van der Waals surface area contributed by atoms with E-state index in [2.05, 4.69) is 204 Å². The molecule has 300 valence electrons. The fraction of sp³-hybridized carbons (Fsp3) is 0.145. The van der Waals surface area contributed by atoms with Crippen molar-refractivity contribution in [3.8, 4) is 17.1 Å². The van der Waals surface area contributed by atoms with Gasteiger partial charge in [-0.15, -0.1) is 0 Å². The summed E-state index contributed by atoms with van der Waals surface area (Å²) in [5.41, 5.74) is 18.7. The fourth-order valence-corrected chi connectivity index (χ4v) is 10.5. The van der Waals surface area contributed by atoms with Gasteiger partial charge in [0.1, 0.15) is 17.2 Å². The highest BCUT2D eigenvalue weighted by molar-refractivity contribution is 6.10. The van der Waals surface area contributed by atoms with Gasteiger partial charge < -0.3 is 14.0 Å². The van der Waals surface area contributed by atoms with Gasteiger partial charge in [0, 0.05) is 44.0 Å². The number of hydrogen-bond acceptors (Lipinski definition) is 4. The van der Waals surface area contributed by atoms with Crippen molar-refractivity contribution >= 4 is 71.8 Å². The van der Waals surface area contributed by atoms with Crippen molar-refractivity contribution in [2.24, 2.45) is 0 Å². The van der Waals surface area contributed by atoms with E-state index in [1.165, 1.54) is 66.1 Å². The lowest BCUT2D eigenvalue weighted by molar-refractivity contribution is 0.631. The van der Waals surface area contributed by atoms with Crippen LogP contribution in [0.1, 0.15) is 53.4 Å². The Balaban J connectivity index is 1.11. The number of aromatic nitrogens is 6. The Bertz CT molecular complexity index is 3420. The van der Waals surface area contributed by atoms with E-state index in [1.54, 1.807) is 0 Å². The first-order valence-electron chi connectivity index (χ1n) is 21.5. The largest absolute Gasteiger partial charge is 0.310 e. The van der Waals surface area contributed by atoms with E-state index >= 15 is 0 Å². The predicted molar refractivity (Wildman–Crippen MR) is 256 cm³/mol. The molecule has 12 rings (SSSR count). The first-order chi connectivity index (χ1) is 30.1. The second-order valence-electron chi connectivity index (χ2n) is 17.6. The molecule has 0 amide bonds. The van der Waals surface area contributed by atoms with Crippen LogP contribution in [0.25, 0.3) is 71.8 Å². The van der Waals surface area contributed by atoms with Crippen LogP contribution in [-0.2, 0) is 5.41 Å². The smallest absolute Gasteiger partial charge is 0.168 e. The van der Waals surface area contributed by atoms with Crippen LogP contribution in [0.3, 0.4) is 0 Å². The molecule has 5 heterocycles. The van der Waals surface area contributed by atoms with Crippen molar-refractivity contribution in [1.82, 2.24) is 28.7 Å². The van der Waals surface area contributed by atoms with Crippen LogP contribution in [0.5, 0.6) is 0 Å². The van der Waals surface area contributed by atoms with Gasteiger partial charge in [-0.3, -0.25) is 4.57 Å². The molecule has 0 saturated heterocycles. The molecule has 0 atom stereocenters. The van der Waals surface area contributed by atoms with E-state index in [0.29, 0.717) is 0 Å². The Kier molecular flexibility index (Phi) is 7.62. The van der Waals surface area contributed by atoms with Gasteiger partial charge in [0.05, 0.1) is 44.8 Å². The van der Waals surface area contributed by atoms with Gasteiger partial charge in [0.15, 0.2) is 5.65 Å². The summed E-state index contributed by atoms with van der Waals surface area (Å²) >= 11 is 0. The van der Waals surface area contributed by atoms with E-state index in [9.17, 15) is 0 Å². The van der Waals surface area contributed by atoms with Crippen LogP contribution in [0.15, 0.2) is 146 Å². The number of benzene rings is 7. The molecule has 0 fully saturated rings. The van der Waals surface area contributed by atoms with Crippen LogP contribution in [0, 0.1) is 34.6 Å². The van der Waals surface area contributed by atoms with Gasteiger partial charge >= 0.3 is 0 Å². The molecule has 0 radical (unpaired) electrons. The van der Waals surface area contributed by atoms with Gasteiger partial charge in [-0.25, -0.2) is 15.0 Å². The second-order valence-corrected chi connectivity index (χ2v) is 17.6. The average molecular weight is 804 g/mol. The summed E-state index contributed by atoms with van der Waals surface area (Å²) in [7, 11) is 0. The Labute approximate surface area is 360 Å². The number of nitrogens with zero attached hydrogens (tertiary/aromatic N) is 7.